The Labute approximate surface area is 316 Å². The lowest BCUT2D eigenvalue weighted by Crippen LogP contribution is -2.23. The highest BCUT2D eigenvalue weighted by Crippen LogP contribution is 2.36. The van der Waals surface area contributed by atoms with E-state index in [9.17, 15) is 19.8 Å². The molecule has 1 aromatic rings. The SMILES string of the molecule is CC1(C)C=CC(=O)CC1.CC1(C)C=CC(O)=C(C#N)C1.CC1(C)C=CC(O)C(C#N)=C1.CC1(C)C=Cc2oncc2C1.CC1(C)CCC(=O)/C(=C\O)C1. The smallest absolute Gasteiger partial charge is 0.162 e. The van der Waals surface area contributed by atoms with Gasteiger partial charge >= 0.3 is 0 Å². The highest BCUT2D eigenvalue weighted by Gasteiger charge is 2.29. The number of nitriles is 2. The topological polar surface area (TPSA) is 168 Å². The van der Waals surface area contributed by atoms with Crippen LogP contribution >= 0.6 is 0 Å². The van der Waals surface area contributed by atoms with Crippen molar-refractivity contribution in [1.29, 1.82) is 10.5 Å². The molecule has 1 heterocycles. The van der Waals surface area contributed by atoms with E-state index in [1.165, 1.54) is 5.56 Å². The van der Waals surface area contributed by atoms with Crippen LogP contribution in [0.15, 0.2) is 88.1 Å². The Hall–Kier alpha value is -4.73. The first-order valence-corrected chi connectivity index (χ1v) is 18.2. The molecule has 1 saturated carbocycles. The molecule has 5 aliphatic carbocycles. The molecule has 9 nitrogen and oxygen atoms in total. The predicted molar refractivity (Wildman–Crippen MR) is 209 cm³/mol. The molecule has 0 saturated heterocycles. The lowest BCUT2D eigenvalue weighted by molar-refractivity contribution is -0.118. The number of fused-ring (bicyclic) bond motifs is 1. The van der Waals surface area contributed by atoms with E-state index in [2.05, 4.69) is 52.8 Å². The van der Waals surface area contributed by atoms with E-state index in [0.29, 0.717) is 36.0 Å². The minimum atomic E-state index is -0.701. The highest BCUT2D eigenvalue weighted by molar-refractivity contribution is 5.95. The molecule has 6 rings (SSSR count). The van der Waals surface area contributed by atoms with Crippen LogP contribution in [-0.2, 0) is 16.0 Å². The first-order valence-electron chi connectivity index (χ1n) is 18.2. The number of allylic oxidation sites excluding steroid dienone is 9. The Bertz CT molecular complexity index is 1770. The summed E-state index contributed by atoms with van der Waals surface area (Å²) in [6, 6.07) is 3.96. The third-order valence-corrected chi connectivity index (χ3v) is 9.41. The third-order valence-electron chi connectivity index (χ3n) is 9.41. The van der Waals surface area contributed by atoms with E-state index in [0.717, 1.165) is 37.7 Å². The Kier molecular flexibility index (Phi) is 15.4. The van der Waals surface area contributed by atoms with Crippen LogP contribution in [0.5, 0.6) is 0 Å². The average molecular weight is 726 g/mol. The van der Waals surface area contributed by atoms with Gasteiger partial charge in [-0.1, -0.05) is 111 Å². The van der Waals surface area contributed by atoms with Gasteiger partial charge in [-0.2, -0.15) is 10.5 Å². The fourth-order valence-corrected chi connectivity index (χ4v) is 5.94. The maximum absolute atomic E-state index is 11.1. The Balaban J connectivity index is 0.000000230. The normalized spacial score (nSPS) is 24.1. The van der Waals surface area contributed by atoms with E-state index < -0.39 is 6.10 Å². The molecule has 0 aromatic carbocycles. The summed E-state index contributed by atoms with van der Waals surface area (Å²) in [7, 11) is 0. The maximum atomic E-state index is 11.1. The summed E-state index contributed by atoms with van der Waals surface area (Å²) >= 11 is 0. The maximum Gasteiger partial charge on any atom is 0.162 e. The van der Waals surface area contributed by atoms with Gasteiger partial charge in [-0.15, -0.1) is 0 Å². The minimum absolute atomic E-state index is 0.0112. The number of nitrogens with zero attached hydrogens (tertiary/aromatic N) is 3. The van der Waals surface area contributed by atoms with Crippen molar-refractivity contribution in [2.24, 2.45) is 27.1 Å². The van der Waals surface area contributed by atoms with E-state index in [4.69, 9.17) is 20.2 Å². The van der Waals surface area contributed by atoms with Crippen LogP contribution < -0.4 is 0 Å². The minimum Gasteiger partial charge on any atom is -0.515 e. The molecule has 1 unspecified atom stereocenters. The molecule has 0 bridgehead atoms. The summed E-state index contributed by atoms with van der Waals surface area (Å²) in [5.41, 5.74) is 3.35. The van der Waals surface area contributed by atoms with Crippen LogP contribution in [0.25, 0.3) is 6.08 Å². The summed E-state index contributed by atoms with van der Waals surface area (Å²) in [4.78, 5) is 21.7. The van der Waals surface area contributed by atoms with Gasteiger partial charge < -0.3 is 19.8 Å². The summed E-state index contributed by atoms with van der Waals surface area (Å²) < 4.78 is 5.01. The molecule has 9 heteroatoms. The van der Waals surface area contributed by atoms with E-state index >= 15 is 0 Å². The monoisotopic (exact) mass is 725 g/mol. The van der Waals surface area contributed by atoms with Crippen molar-refractivity contribution in [2.45, 2.75) is 120 Å². The standard InChI is InChI=1S/3C9H11NO.C9H14O2.C8H12O/c1-9(2)4-3-8-7(5-9)6-10-11-8;3*1-9(2)4-3-8(11)7(5-9)6-10;1-8(2)5-3-7(9)4-6-8/h3-4,6H,5H2,1-2H3;3-4,11H,5H2,1-2H3;3-5,8,11H,1-2H3;6,10H,3-5H2,1-2H3;3,5H,4,6H2,1-2H3/b;;;7-6-;. The van der Waals surface area contributed by atoms with Gasteiger partial charge in [0.25, 0.3) is 0 Å². The first-order chi connectivity index (χ1) is 24.4. The number of aliphatic hydroxyl groups excluding tert-OH is 3. The van der Waals surface area contributed by atoms with Crippen LogP contribution in [0.2, 0.25) is 0 Å². The van der Waals surface area contributed by atoms with Gasteiger partial charge in [0.05, 0.1) is 35.7 Å². The molecule has 0 amide bonds. The molecule has 1 atom stereocenters. The molecule has 1 fully saturated rings. The van der Waals surface area contributed by atoms with Gasteiger partial charge in [0, 0.05) is 29.4 Å². The van der Waals surface area contributed by atoms with Crippen LogP contribution in [0.1, 0.15) is 119 Å². The van der Waals surface area contributed by atoms with Crippen LogP contribution in [0, 0.1) is 49.7 Å². The summed E-state index contributed by atoms with van der Waals surface area (Å²) in [5.74, 6) is 1.41. The fourth-order valence-electron chi connectivity index (χ4n) is 5.94. The molecule has 53 heavy (non-hydrogen) atoms. The number of ketones is 2. The summed E-state index contributed by atoms with van der Waals surface area (Å²) in [5, 5.41) is 48.0. The van der Waals surface area contributed by atoms with Crippen LogP contribution in [0.4, 0.5) is 0 Å². The van der Waals surface area contributed by atoms with E-state index in [1.54, 1.807) is 30.5 Å². The molecule has 1 aromatic heterocycles. The summed E-state index contributed by atoms with van der Waals surface area (Å²) in [6.45, 7) is 21.0. The third kappa shape index (κ3) is 15.4. The van der Waals surface area contributed by atoms with Gasteiger partial charge in [-0.25, -0.2) is 0 Å². The number of carbonyl (C=O) groups excluding carboxylic acids is 2. The number of rotatable bonds is 0. The van der Waals surface area contributed by atoms with Gasteiger partial charge in [0.15, 0.2) is 17.3 Å². The lowest BCUT2D eigenvalue weighted by atomic mass is 9.75. The second kappa shape index (κ2) is 18.3. The Morgan fingerprint density at radius 3 is 1.94 bits per heavy atom. The van der Waals surface area contributed by atoms with Gasteiger partial charge in [0.1, 0.15) is 11.9 Å². The molecule has 5 aliphatic rings. The van der Waals surface area contributed by atoms with Crippen LogP contribution in [-0.4, -0.2) is 38.1 Å². The highest BCUT2D eigenvalue weighted by atomic mass is 16.5. The zero-order valence-corrected chi connectivity index (χ0v) is 33.3. The van der Waals surface area contributed by atoms with Crippen molar-refractivity contribution in [1.82, 2.24) is 5.16 Å². The number of aliphatic hydroxyl groups is 3. The number of Topliss-reactive ketones (excluding diaryl/α,β-unsaturated/α-hetero) is 1. The van der Waals surface area contributed by atoms with Crippen molar-refractivity contribution in [2.75, 3.05) is 0 Å². The fraction of sp³-hybridized carbons (Fsp3) is 0.523. The largest absolute Gasteiger partial charge is 0.515 e. The molecular weight excluding hydrogens is 666 g/mol. The molecule has 0 aliphatic heterocycles. The average Bonchev–Trinajstić information content (AvgIpc) is 3.54. The van der Waals surface area contributed by atoms with Crippen molar-refractivity contribution >= 4 is 17.6 Å². The molecule has 0 radical (unpaired) electrons. The Morgan fingerprint density at radius 1 is 0.811 bits per heavy atom. The molecule has 3 N–H and O–H groups in total. The molecule has 0 spiro atoms. The Morgan fingerprint density at radius 2 is 1.43 bits per heavy atom. The van der Waals surface area contributed by atoms with Crippen molar-refractivity contribution < 1.29 is 29.4 Å². The quantitative estimate of drug-likeness (QED) is 0.134. The summed E-state index contributed by atoms with van der Waals surface area (Å²) in [6.07, 6.45) is 24.4. The predicted octanol–water partition coefficient (Wildman–Crippen LogP) is 10.1. The molecular formula is C44H59N3O6. The van der Waals surface area contributed by atoms with Gasteiger partial charge in [0.2, 0.25) is 0 Å². The van der Waals surface area contributed by atoms with E-state index in [-0.39, 0.29) is 44.4 Å². The van der Waals surface area contributed by atoms with Crippen molar-refractivity contribution in [3.8, 4) is 12.1 Å². The second-order valence-electron chi connectivity index (χ2n) is 17.7. The molecule has 286 valence electrons. The van der Waals surface area contributed by atoms with E-state index in [1.807, 2.05) is 64.1 Å². The van der Waals surface area contributed by atoms with Gasteiger partial charge in [-0.05, 0) is 72.0 Å². The number of aromatic nitrogens is 1. The zero-order chi connectivity index (χ0) is 40.3. The number of hydrogen-bond donors (Lipinski definition) is 3. The second-order valence-corrected chi connectivity index (χ2v) is 17.7. The number of hydrogen-bond acceptors (Lipinski definition) is 9. The van der Waals surface area contributed by atoms with Crippen LogP contribution in [0.3, 0.4) is 0 Å². The first kappa shape index (κ1) is 44.4. The van der Waals surface area contributed by atoms with Gasteiger partial charge in [-0.3, -0.25) is 9.59 Å². The number of carbonyl (C=O) groups is 2. The van der Waals surface area contributed by atoms with Crippen molar-refractivity contribution in [3.05, 3.63) is 94.9 Å². The van der Waals surface area contributed by atoms with Crippen molar-refractivity contribution in [3.63, 3.8) is 0 Å². The lowest BCUT2D eigenvalue weighted by Gasteiger charge is -2.29. The zero-order valence-electron chi connectivity index (χ0n) is 33.3.